The zero-order valence-electron chi connectivity index (χ0n) is 17.7. The molecule has 0 unspecified atom stereocenters. The van der Waals surface area contributed by atoms with Crippen LogP contribution < -0.4 is 10.1 Å². The predicted molar refractivity (Wildman–Crippen MR) is 118 cm³/mol. The third kappa shape index (κ3) is 5.00. The van der Waals surface area contributed by atoms with Gasteiger partial charge in [-0.05, 0) is 49.2 Å². The van der Waals surface area contributed by atoms with E-state index >= 15 is 0 Å². The Hall–Kier alpha value is -4.21. The van der Waals surface area contributed by atoms with Crippen molar-refractivity contribution in [2.75, 3.05) is 18.5 Å². The van der Waals surface area contributed by atoms with Gasteiger partial charge in [0.25, 0.3) is 0 Å². The summed E-state index contributed by atoms with van der Waals surface area (Å²) in [4.78, 5) is 27.9. The smallest absolute Gasteiger partial charge is 0.410 e. The Morgan fingerprint density at radius 1 is 1.27 bits per heavy atom. The van der Waals surface area contributed by atoms with Crippen LogP contribution in [0.4, 0.5) is 26.4 Å². The highest BCUT2D eigenvalue weighted by Gasteiger charge is 2.31. The van der Waals surface area contributed by atoms with Gasteiger partial charge in [-0.3, -0.25) is 10.1 Å². The van der Waals surface area contributed by atoms with Gasteiger partial charge >= 0.3 is 11.8 Å². The molecular weight excluding hydrogens is 431 g/mol. The molecule has 1 aliphatic rings. The molecule has 0 saturated carbocycles. The fourth-order valence-corrected chi connectivity index (χ4v) is 3.58. The standard InChI is InChI=1S/C23H21FN4O5/c1-2-27-17(14-32-23(27)29)12-15-5-8-18(9-6-15)33-21-10-7-16(13-19(21)24)26-22-20(28(30)31)4-3-11-25-22/h3-11,13,17H,2,12,14H2,1H3,(H,25,26)/t17-/m0/s1. The van der Waals surface area contributed by atoms with Crippen molar-refractivity contribution >= 4 is 23.3 Å². The first kappa shape index (κ1) is 22.0. The van der Waals surface area contributed by atoms with Crippen molar-refractivity contribution in [1.29, 1.82) is 0 Å². The first-order valence-corrected chi connectivity index (χ1v) is 10.3. The van der Waals surface area contributed by atoms with Gasteiger partial charge in [-0.1, -0.05) is 12.1 Å². The maximum Gasteiger partial charge on any atom is 0.410 e. The molecule has 1 fully saturated rings. The fraction of sp³-hybridized carbons (Fsp3) is 0.217. The molecule has 10 heteroatoms. The van der Waals surface area contributed by atoms with Crippen LogP contribution in [0.3, 0.4) is 0 Å². The van der Waals surface area contributed by atoms with Crippen LogP contribution >= 0.6 is 0 Å². The molecule has 33 heavy (non-hydrogen) atoms. The number of nitrogens with zero attached hydrogens (tertiary/aromatic N) is 3. The van der Waals surface area contributed by atoms with Crippen LogP contribution in [0, 0.1) is 15.9 Å². The molecule has 1 amide bonds. The van der Waals surface area contributed by atoms with E-state index in [1.54, 1.807) is 23.1 Å². The summed E-state index contributed by atoms with van der Waals surface area (Å²) in [7, 11) is 0. The molecule has 0 aliphatic carbocycles. The van der Waals surface area contributed by atoms with E-state index < -0.39 is 10.7 Å². The van der Waals surface area contributed by atoms with E-state index in [0.717, 1.165) is 5.56 Å². The van der Waals surface area contributed by atoms with E-state index in [-0.39, 0.29) is 29.4 Å². The Labute approximate surface area is 188 Å². The van der Waals surface area contributed by atoms with Gasteiger partial charge in [0.05, 0.1) is 11.0 Å². The predicted octanol–water partition coefficient (Wildman–Crippen LogP) is 5.05. The Bertz CT molecular complexity index is 1170. The number of ether oxygens (including phenoxy) is 2. The number of hydrogen-bond acceptors (Lipinski definition) is 7. The summed E-state index contributed by atoms with van der Waals surface area (Å²) < 4.78 is 25.3. The van der Waals surface area contributed by atoms with Crippen LogP contribution in [0.5, 0.6) is 11.5 Å². The SMILES string of the molecule is CCN1C(=O)OC[C@@H]1Cc1ccc(Oc2ccc(Nc3ncccc3[N+](=O)[O-])cc2F)cc1. The van der Waals surface area contributed by atoms with E-state index in [4.69, 9.17) is 9.47 Å². The number of cyclic esters (lactones) is 1. The van der Waals surface area contributed by atoms with Crippen molar-refractivity contribution in [1.82, 2.24) is 9.88 Å². The minimum Gasteiger partial charge on any atom is -0.454 e. The molecule has 1 atom stereocenters. The molecule has 1 aliphatic heterocycles. The van der Waals surface area contributed by atoms with Gasteiger partial charge in [0, 0.05) is 30.6 Å². The summed E-state index contributed by atoms with van der Waals surface area (Å²) in [6, 6.07) is 14.1. The summed E-state index contributed by atoms with van der Waals surface area (Å²) >= 11 is 0. The summed E-state index contributed by atoms with van der Waals surface area (Å²) in [6.45, 7) is 2.85. The number of aromatic nitrogens is 1. The lowest BCUT2D eigenvalue weighted by atomic mass is 10.1. The minimum atomic E-state index is -0.636. The van der Waals surface area contributed by atoms with Crippen molar-refractivity contribution in [2.24, 2.45) is 0 Å². The highest BCUT2D eigenvalue weighted by Crippen LogP contribution is 2.30. The Balaban J connectivity index is 1.41. The van der Waals surface area contributed by atoms with E-state index in [9.17, 15) is 19.3 Å². The molecule has 2 aromatic carbocycles. The van der Waals surface area contributed by atoms with Crippen LogP contribution in [-0.4, -0.2) is 40.1 Å². The lowest BCUT2D eigenvalue weighted by molar-refractivity contribution is -0.384. The molecule has 0 bridgehead atoms. The van der Waals surface area contributed by atoms with E-state index in [0.29, 0.717) is 31.0 Å². The molecule has 2 heterocycles. The number of halogens is 1. The quantitative estimate of drug-likeness (QED) is 0.376. The Kier molecular flexibility index (Phi) is 6.34. The second-order valence-electron chi connectivity index (χ2n) is 7.37. The zero-order chi connectivity index (χ0) is 23.4. The maximum atomic E-state index is 14.6. The van der Waals surface area contributed by atoms with Gasteiger partial charge in [-0.15, -0.1) is 0 Å². The largest absolute Gasteiger partial charge is 0.454 e. The van der Waals surface area contributed by atoms with Crippen molar-refractivity contribution in [3.8, 4) is 11.5 Å². The van der Waals surface area contributed by atoms with Gasteiger partial charge in [-0.25, -0.2) is 14.2 Å². The average molecular weight is 452 g/mol. The summed E-state index contributed by atoms with van der Waals surface area (Å²) in [5.41, 5.74) is 1.08. The highest BCUT2D eigenvalue weighted by atomic mass is 19.1. The zero-order valence-corrected chi connectivity index (χ0v) is 17.7. The maximum absolute atomic E-state index is 14.6. The molecule has 3 aromatic rings. The van der Waals surface area contributed by atoms with E-state index in [1.807, 2.05) is 19.1 Å². The molecule has 0 radical (unpaired) electrons. The number of likely N-dealkylation sites (N-methyl/N-ethyl adjacent to an activating group) is 1. The highest BCUT2D eigenvalue weighted by molar-refractivity contribution is 5.70. The topological polar surface area (TPSA) is 107 Å². The number of rotatable bonds is 8. The fourth-order valence-electron chi connectivity index (χ4n) is 3.58. The number of amides is 1. The molecule has 4 rings (SSSR count). The van der Waals surface area contributed by atoms with Crippen molar-refractivity contribution in [2.45, 2.75) is 19.4 Å². The van der Waals surface area contributed by atoms with Gasteiger partial charge in [0.2, 0.25) is 5.82 Å². The van der Waals surface area contributed by atoms with Crippen LogP contribution in [0.25, 0.3) is 0 Å². The van der Waals surface area contributed by atoms with Crippen molar-refractivity contribution < 1.29 is 23.6 Å². The van der Waals surface area contributed by atoms with Gasteiger partial charge < -0.3 is 19.7 Å². The van der Waals surface area contributed by atoms with Gasteiger partial charge in [0.15, 0.2) is 11.6 Å². The number of benzene rings is 2. The van der Waals surface area contributed by atoms with Gasteiger partial charge in [0.1, 0.15) is 12.4 Å². The van der Waals surface area contributed by atoms with Crippen LogP contribution in [0.15, 0.2) is 60.8 Å². The second-order valence-corrected chi connectivity index (χ2v) is 7.37. The Morgan fingerprint density at radius 2 is 2.06 bits per heavy atom. The summed E-state index contributed by atoms with van der Waals surface area (Å²) in [5, 5.41) is 13.9. The lowest BCUT2D eigenvalue weighted by Crippen LogP contribution is -2.34. The number of carbonyl (C=O) groups excluding carboxylic acids is 1. The first-order chi connectivity index (χ1) is 15.9. The Morgan fingerprint density at radius 3 is 2.76 bits per heavy atom. The third-order valence-corrected chi connectivity index (χ3v) is 5.22. The average Bonchev–Trinajstić information content (AvgIpc) is 3.16. The van der Waals surface area contributed by atoms with E-state index in [2.05, 4.69) is 10.3 Å². The molecule has 1 saturated heterocycles. The van der Waals surface area contributed by atoms with Crippen molar-refractivity contribution in [3.05, 3.63) is 82.3 Å². The van der Waals surface area contributed by atoms with Gasteiger partial charge in [-0.2, -0.15) is 0 Å². The van der Waals surface area contributed by atoms with Crippen molar-refractivity contribution in [3.63, 3.8) is 0 Å². The number of hydrogen-bond donors (Lipinski definition) is 1. The summed E-state index contributed by atoms with van der Waals surface area (Å²) in [5.74, 6) is -0.161. The number of pyridine rings is 1. The normalized spacial score (nSPS) is 15.3. The van der Waals surface area contributed by atoms with Crippen LogP contribution in [0.1, 0.15) is 12.5 Å². The van der Waals surface area contributed by atoms with Crippen LogP contribution in [-0.2, 0) is 11.2 Å². The summed E-state index contributed by atoms with van der Waals surface area (Å²) in [6.07, 6.45) is 1.76. The monoisotopic (exact) mass is 452 g/mol. The molecule has 1 N–H and O–H groups in total. The number of carbonyl (C=O) groups is 1. The number of anilines is 2. The first-order valence-electron chi connectivity index (χ1n) is 10.3. The number of nitrogens with one attached hydrogen (secondary N) is 1. The van der Waals surface area contributed by atoms with Crippen LogP contribution in [0.2, 0.25) is 0 Å². The lowest BCUT2D eigenvalue weighted by Gasteiger charge is -2.19. The molecular formula is C23H21FN4O5. The molecule has 170 valence electrons. The van der Waals surface area contributed by atoms with E-state index in [1.165, 1.54) is 30.5 Å². The second kappa shape index (κ2) is 9.51. The number of nitro groups is 1. The molecule has 0 spiro atoms. The minimum absolute atomic E-state index is 0.00997. The molecule has 1 aromatic heterocycles. The third-order valence-electron chi connectivity index (χ3n) is 5.22. The molecule has 9 nitrogen and oxygen atoms in total.